The van der Waals surface area contributed by atoms with Crippen molar-refractivity contribution in [3.05, 3.63) is 0 Å². The molecule has 1 aliphatic heterocycles. The molecule has 0 bridgehead atoms. The van der Waals surface area contributed by atoms with Crippen LogP contribution in [0, 0.1) is 5.92 Å². The number of hydrogen-bond acceptors (Lipinski definition) is 3. The molecule has 0 aromatic heterocycles. The summed E-state index contributed by atoms with van der Waals surface area (Å²) < 4.78 is 0.102. The van der Waals surface area contributed by atoms with E-state index in [2.05, 4.69) is 26.1 Å². The van der Waals surface area contributed by atoms with Crippen LogP contribution in [0.3, 0.4) is 0 Å². The Morgan fingerprint density at radius 3 is 2.63 bits per heavy atom. The molecule has 1 saturated heterocycles. The Labute approximate surface area is 120 Å². The van der Waals surface area contributed by atoms with Gasteiger partial charge in [0.05, 0.1) is 11.7 Å². The minimum absolute atomic E-state index is 0.0303. The van der Waals surface area contributed by atoms with Gasteiger partial charge in [0.25, 0.3) is 0 Å². The molecule has 4 nitrogen and oxygen atoms in total. The first-order chi connectivity index (χ1) is 8.83. The first-order valence-electron chi connectivity index (χ1n) is 7.03. The smallest absolute Gasteiger partial charge is 0.232 e. The first kappa shape index (κ1) is 16.3. The van der Waals surface area contributed by atoms with E-state index in [1.165, 1.54) is 0 Å². The van der Waals surface area contributed by atoms with Gasteiger partial charge in [-0.25, -0.2) is 0 Å². The largest absolute Gasteiger partial charge is 0.356 e. The molecule has 0 spiro atoms. The second-order valence-electron chi connectivity index (χ2n) is 5.97. The van der Waals surface area contributed by atoms with Crippen molar-refractivity contribution in [1.29, 1.82) is 0 Å². The summed E-state index contributed by atoms with van der Waals surface area (Å²) in [6.07, 6.45) is 1.82. The topological polar surface area (TPSA) is 49.4 Å². The van der Waals surface area contributed by atoms with Crippen molar-refractivity contribution < 1.29 is 9.59 Å². The summed E-state index contributed by atoms with van der Waals surface area (Å²) in [7, 11) is 0. The second kappa shape index (κ2) is 7.17. The third-order valence-electron chi connectivity index (χ3n) is 3.12. The normalized spacial score (nSPS) is 20.2. The van der Waals surface area contributed by atoms with Gasteiger partial charge in [-0.3, -0.25) is 9.59 Å². The van der Waals surface area contributed by atoms with Crippen molar-refractivity contribution in [3.63, 3.8) is 0 Å². The zero-order valence-electron chi connectivity index (χ0n) is 12.5. The number of nitrogens with one attached hydrogen (secondary N) is 1. The fourth-order valence-electron chi connectivity index (χ4n) is 2.11. The highest BCUT2D eigenvalue weighted by molar-refractivity contribution is 8.01. The Bertz CT molecular complexity index is 326. The van der Waals surface area contributed by atoms with E-state index in [4.69, 9.17) is 0 Å². The van der Waals surface area contributed by atoms with E-state index in [0.717, 1.165) is 19.4 Å². The average Bonchev–Trinajstić information content (AvgIpc) is 2.35. The Hall–Kier alpha value is -0.710. The maximum Gasteiger partial charge on any atom is 0.232 e. The number of amides is 2. The predicted molar refractivity (Wildman–Crippen MR) is 80.2 cm³/mol. The molecule has 1 N–H and O–H groups in total. The average molecular weight is 286 g/mol. The summed E-state index contributed by atoms with van der Waals surface area (Å²) in [4.78, 5) is 25.8. The summed E-state index contributed by atoms with van der Waals surface area (Å²) in [5.74, 6) is 0.723. The van der Waals surface area contributed by atoms with Gasteiger partial charge in [0.1, 0.15) is 0 Å². The Morgan fingerprint density at radius 1 is 1.37 bits per heavy atom. The molecule has 0 saturated carbocycles. The Balaban J connectivity index is 2.45. The minimum atomic E-state index is -0.0303. The Kier molecular flexibility index (Phi) is 6.17. The van der Waals surface area contributed by atoms with Crippen LogP contribution in [-0.4, -0.2) is 46.8 Å². The zero-order valence-corrected chi connectivity index (χ0v) is 13.3. The van der Waals surface area contributed by atoms with Crippen LogP contribution in [0.15, 0.2) is 0 Å². The highest BCUT2D eigenvalue weighted by Crippen LogP contribution is 2.24. The van der Waals surface area contributed by atoms with Crippen LogP contribution in [-0.2, 0) is 9.59 Å². The maximum atomic E-state index is 12.1. The molecule has 2 amide bonds. The number of likely N-dealkylation sites (tertiary alicyclic amines) is 1. The molecule has 19 heavy (non-hydrogen) atoms. The summed E-state index contributed by atoms with van der Waals surface area (Å²) in [6.45, 7) is 10.3. The fourth-order valence-corrected chi connectivity index (χ4v) is 2.84. The lowest BCUT2D eigenvalue weighted by molar-refractivity contribution is -0.133. The molecular formula is C14H26N2O2S. The van der Waals surface area contributed by atoms with Crippen LogP contribution < -0.4 is 5.32 Å². The number of hydrogen-bond donors (Lipinski definition) is 1. The van der Waals surface area contributed by atoms with E-state index in [-0.39, 0.29) is 22.5 Å². The van der Waals surface area contributed by atoms with E-state index in [1.807, 2.05) is 11.8 Å². The lowest BCUT2D eigenvalue weighted by Crippen LogP contribution is -2.46. The number of rotatable bonds is 4. The van der Waals surface area contributed by atoms with Crippen LogP contribution in [0.2, 0.25) is 0 Å². The van der Waals surface area contributed by atoms with Gasteiger partial charge in [0.2, 0.25) is 11.8 Å². The first-order valence-corrected chi connectivity index (χ1v) is 8.01. The molecule has 110 valence electrons. The molecule has 0 radical (unpaired) electrons. The van der Waals surface area contributed by atoms with Gasteiger partial charge < -0.3 is 10.2 Å². The minimum Gasteiger partial charge on any atom is -0.356 e. The number of nitrogens with zero attached hydrogens (tertiary/aromatic N) is 1. The van der Waals surface area contributed by atoms with E-state index >= 15 is 0 Å². The van der Waals surface area contributed by atoms with Gasteiger partial charge in [0, 0.05) is 24.4 Å². The van der Waals surface area contributed by atoms with Gasteiger partial charge in [0.15, 0.2) is 0 Å². The lowest BCUT2D eigenvalue weighted by Gasteiger charge is -2.32. The third kappa shape index (κ3) is 5.85. The van der Waals surface area contributed by atoms with Crippen LogP contribution in [0.25, 0.3) is 0 Å². The third-order valence-corrected chi connectivity index (χ3v) is 4.38. The SMILES string of the molecule is CCNC(=O)C1CCCN(C(=O)CSC(C)(C)C)C1. The summed E-state index contributed by atoms with van der Waals surface area (Å²) in [5.41, 5.74) is 0. The van der Waals surface area contributed by atoms with Gasteiger partial charge in [-0.05, 0) is 19.8 Å². The van der Waals surface area contributed by atoms with E-state index in [9.17, 15) is 9.59 Å². The lowest BCUT2D eigenvalue weighted by atomic mass is 9.97. The Morgan fingerprint density at radius 2 is 2.05 bits per heavy atom. The van der Waals surface area contributed by atoms with Crippen LogP contribution in [0.4, 0.5) is 0 Å². The number of piperidine rings is 1. The van der Waals surface area contributed by atoms with E-state index in [0.29, 0.717) is 18.8 Å². The van der Waals surface area contributed by atoms with Gasteiger partial charge in [-0.15, -0.1) is 11.8 Å². The molecule has 1 aliphatic rings. The standard InChI is InChI=1S/C14H26N2O2S/c1-5-15-13(18)11-7-6-8-16(9-11)12(17)10-19-14(2,3)4/h11H,5-10H2,1-4H3,(H,15,18). The zero-order chi connectivity index (χ0) is 14.5. The quantitative estimate of drug-likeness (QED) is 0.858. The van der Waals surface area contributed by atoms with Crippen molar-refractivity contribution >= 4 is 23.6 Å². The van der Waals surface area contributed by atoms with Crippen LogP contribution in [0.1, 0.15) is 40.5 Å². The van der Waals surface area contributed by atoms with Gasteiger partial charge in [-0.2, -0.15) is 0 Å². The summed E-state index contributed by atoms with van der Waals surface area (Å²) >= 11 is 1.66. The number of carbonyl (C=O) groups excluding carboxylic acids is 2. The molecule has 0 aromatic rings. The highest BCUT2D eigenvalue weighted by Gasteiger charge is 2.28. The molecule has 1 fully saturated rings. The monoisotopic (exact) mass is 286 g/mol. The molecule has 0 aromatic carbocycles. The fraction of sp³-hybridized carbons (Fsp3) is 0.857. The molecule has 5 heteroatoms. The van der Waals surface area contributed by atoms with E-state index in [1.54, 1.807) is 11.8 Å². The van der Waals surface area contributed by atoms with Crippen molar-refractivity contribution in [1.82, 2.24) is 10.2 Å². The molecular weight excluding hydrogens is 260 g/mol. The summed E-state index contributed by atoms with van der Waals surface area (Å²) in [6, 6.07) is 0. The van der Waals surface area contributed by atoms with Crippen molar-refractivity contribution in [3.8, 4) is 0 Å². The molecule has 1 atom stereocenters. The molecule has 0 aliphatic carbocycles. The summed E-state index contributed by atoms with van der Waals surface area (Å²) in [5, 5.41) is 2.85. The maximum absolute atomic E-state index is 12.1. The second-order valence-corrected chi connectivity index (χ2v) is 7.78. The molecule has 1 heterocycles. The van der Waals surface area contributed by atoms with Crippen LogP contribution >= 0.6 is 11.8 Å². The van der Waals surface area contributed by atoms with Crippen molar-refractivity contribution in [2.24, 2.45) is 5.92 Å². The number of carbonyl (C=O) groups is 2. The highest BCUT2D eigenvalue weighted by atomic mass is 32.2. The molecule has 1 rings (SSSR count). The van der Waals surface area contributed by atoms with E-state index < -0.39 is 0 Å². The van der Waals surface area contributed by atoms with Crippen LogP contribution in [0.5, 0.6) is 0 Å². The van der Waals surface area contributed by atoms with Gasteiger partial charge in [-0.1, -0.05) is 20.8 Å². The molecule has 1 unspecified atom stereocenters. The van der Waals surface area contributed by atoms with Crippen molar-refractivity contribution in [2.45, 2.75) is 45.3 Å². The van der Waals surface area contributed by atoms with Crippen molar-refractivity contribution in [2.75, 3.05) is 25.4 Å². The predicted octanol–water partition coefficient (Wildman–Crippen LogP) is 1.89. The number of thioether (sulfide) groups is 1. The van der Waals surface area contributed by atoms with Gasteiger partial charge >= 0.3 is 0 Å².